The molecule has 0 saturated heterocycles. The van der Waals surface area contributed by atoms with Crippen LogP contribution in [0.1, 0.15) is 22.1 Å². The van der Waals surface area contributed by atoms with E-state index in [0.29, 0.717) is 5.56 Å². The quantitative estimate of drug-likeness (QED) is 0.532. The van der Waals surface area contributed by atoms with Crippen LogP contribution in [0.15, 0.2) is 24.2 Å². The van der Waals surface area contributed by atoms with E-state index in [1.807, 2.05) is 0 Å². The molecule has 1 heterocycles. The van der Waals surface area contributed by atoms with Gasteiger partial charge in [0.15, 0.2) is 0 Å². The first-order chi connectivity index (χ1) is 6.13. The molecule has 0 aliphatic carbocycles. The number of hydrogen-bond acceptors (Lipinski definition) is 2. The molecule has 2 amide bonds. The SMILES string of the molecule is [2H]c1cccc2c1C(=O)N(C)C2=O. The van der Waals surface area contributed by atoms with Crippen LogP contribution < -0.4 is 0 Å². The van der Waals surface area contributed by atoms with Crippen molar-refractivity contribution in [1.29, 1.82) is 0 Å². The zero-order chi connectivity index (χ0) is 9.59. The molecule has 3 nitrogen and oxygen atoms in total. The number of hydrogen-bond donors (Lipinski definition) is 0. The predicted molar refractivity (Wildman–Crippen MR) is 42.9 cm³/mol. The van der Waals surface area contributed by atoms with Gasteiger partial charge in [-0.1, -0.05) is 12.1 Å². The minimum Gasteiger partial charge on any atom is -0.277 e. The highest BCUT2D eigenvalue weighted by Crippen LogP contribution is 2.20. The van der Waals surface area contributed by atoms with Crippen molar-refractivity contribution in [1.82, 2.24) is 4.90 Å². The van der Waals surface area contributed by atoms with E-state index in [9.17, 15) is 9.59 Å². The zero-order valence-corrected chi connectivity index (χ0v) is 6.50. The highest BCUT2D eigenvalue weighted by molar-refractivity contribution is 6.21. The topological polar surface area (TPSA) is 37.4 Å². The Balaban J connectivity index is 2.74. The molecule has 60 valence electrons. The third-order valence-corrected chi connectivity index (χ3v) is 1.91. The van der Waals surface area contributed by atoms with Crippen molar-refractivity contribution >= 4 is 11.8 Å². The molecule has 0 bridgehead atoms. The Bertz CT molecular complexity index is 414. The molecule has 0 atom stereocenters. The van der Waals surface area contributed by atoms with Crippen molar-refractivity contribution in [2.45, 2.75) is 0 Å². The smallest absolute Gasteiger partial charge is 0.261 e. The number of benzene rings is 1. The molecule has 0 fully saturated rings. The van der Waals surface area contributed by atoms with Crippen LogP contribution in [0.4, 0.5) is 0 Å². The Morgan fingerprint density at radius 1 is 1.25 bits per heavy atom. The van der Waals surface area contributed by atoms with E-state index in [0.717, 1.165) is 4.90 Å². The largest absolute Gasteiger partial charge is 0.277 e. The molecule has 0 N–H and O–H groups in total. The first kappa shape index (κ1) is 5.94. The van der Waals surface area contributed by atoms with Crippen molar-refractivity contribution in [3.63, 3.8) is 0 Å². The average molecular weight is 162 g/mol. The maximum Gasteiger partial charge on any atom is 0.261 e. The van der Waals surface area contributed by atoms with Gasteiger partial charge in [0.1, 0.15) is 0 Å². The highest BCUT2D eigenvalue weighted by Gasteiger charge is 2.31. The van der Waals surface area contributed by atoms with Gasteiger partial charge >= 0.3 is 0 Å². The predicted octanol–water partition coefficient (Wildman–Crippen LogP) is 0.912. The van der Waals surface area contributed by atoms with Crippen molar-refractivity contribution in [2.75, 3.05) is 7.05 Å². The third-order valence-electron chi connectivity index (χ3n) is 1.91. The molecule has 1 aliphatic rings. The van der Waals surface area contributed by atoms with Crippen molar-refractivity contribution in [2.24, 2.45) is 0 Å². The Morgan fingerprint density at radius 2 is 1.92 bits per heavy atom. The molecule has 12 heavy (non-hydrogen) atoms. The highest BCUT2D eigenvalue weighted by atomic mass is 16.2. The maximum atomic E-state index is 11.4. The summed E-state index contributed by atoms with van der Waals surface area (Å²) in [6.45, 7) is 0. The summed E-state index contributed by atoms with van der Waals surface area (Å²) in [4.78, 5) is 23.8. The van der Waals surface area contributed by atoms with Crippen molar-refractivity contribution in [3.05, 3.63) is 35.4 Å². The zero-order valence-electron chi connectivity index (χ0n) is 7.50. The second kappa shape index (κ2) is 2.17. The van der Waals surface area contributed by atoms with E-state index in [-0.39, 0.29) is 23.4 Å². The van der Waals surface area contributed by atoms with E-state index in [1.165, 1.54) is 13.1 Å². The molecule has 1 aromatic rings. The lowest BCUT2D eigenvalue weighted by Gasteiger charge is -2.02. The van der Waals surface area contributed by atoms with Gasteiger partial charge < -0.3 is 0 Å². The summed E-state index contributed by atoms with van der Waals surface area (Å²) in [5.74, 6) is -0.709. The van der Waals surface area contributed by atoms with Gasteiger partial charge in [-0.3, -0.25) is 14.5 Å². The fourth-order valence-corrected chi connectivity index (χ4v) is 1.23. The van der Waals surface area contributed by atoms with Gasteiger partial charge in [-0.2, -0.15) is 0 Å². The number of carbonyl (C=O) groups is 2. The third kappa shape index (κ3) is 0.704. The second-order valence-corrected chi connectivity index (χ2v) is 2.63. The lowest BCUT2D eigenvalue weighted by molar-refractivity contribution is 0.0693. The summed E-state index contributed by atoms with van der Waals surface area (Å²) in [7, 11) is 1.42. The van der Waals surface area contributed by atoms with Crippen molar-refractivity contribution < 1.29 is 11.0 Å². The second-order valence-electron chi connectivity index (χ2n) is 2.63. The van der Waals surface area contributed by atoms with Gasteiger partial charge in [0, 0.05) is 7.05 Å². The molecule has 0 spiro atoms. The van der Waals surface area contributed by atoms with Crippen LogP contribution in [0.3, 0.4) is 0 Å². The molecule has 1 aliphatic heterocycles. The molecular weight excluding hydrogens is 154 g/mol. The summed E-state index contributed by atoms with van der Waals surface area (Å²) in [5.41, 5.74) is 0.551. The van der Waals surface area contributed by atoms with Crippen LogP contribution in [0.25, 0.3) is 0 Å². The van der Waals surface area contributed by atoms with Crippen LogP contribution in [-0.4, -0.2) is 23.8 Å². The number of fused-ring (bicyclic) bond motifs is 1. The number of imide groups is 1. The van der Waals surface area contributed by atoms with E-state index >= 15 is 0 Å². The van der Waals surface area contributed by atoms with Gasteiger partial charge in [-0.05, 0) is 12.1 Å². The van der Waals surface area contributed by atoms with E-state index in [4.69, 9.17) is 1.37 Å². The molecule has 0 radical (unpaired) electrons. The average Bonchev–Trinajstić information content (AvgIpc) is 2.33. The van der Waals surface area contributed by atoms with Gasteiger partial charge in [-0.15, -0.1) is 0 Å². The standard InChI is InChI=1S/C9H7NO2/c1-10-8(11)6-4-2-3-5-7(6)9(10)12/h2-5H,1H3/i4D. The summed E-state index contributed by atoms with van der Waals surface area (Å²) in [5, 5.41) is 0. The van der Waals surface area contributed by atoms with Crippen LogP contribution in [0.5, 0.6) is 0 Å². The Labute approximate surface area is 71.0 Å². The Kier molecular flexibility index (Phi) is 1.07. The Morgan fingerprint density at radius 3 is 2.58 bits per heavy atom. The van der Waals surface area contributed by atoms with Gasteiger partial charge in [-0.25, -0.2) is 0 Å². The fourth-order valence-electron chi connectivity index (χ4n) is 1.23. The Hall–Kier alpha value is -1.64. The molecule has 0 unspecified atom stereocenters. The number of nitrogens with zero attached hydrogens (tertiary/aromatic N) is 1. The van der Waals surface area contributed by atoms with Crippen molar-refractivity contribution in [3.8, 4) is 0 Å². The van der Waals surface area contributed by atoms with Gasteiger partial charge in [0.05, 0.1) is 12.5 Å². The number of carbonyl (C=O) groups excluding carboxylic acids is 2. The first-order valence-corrected chi connectivity index (χ1v) is 3.55. The normalized spacial score (nSPS) is 16.4. The van der Waals surface area contributed by atoms with E-state index < -0.39 is 0 Å². The molecule has 0 aromatic heterocycles. The summed E-state index contributed by atoms with van der Waals surface area (Å²) >= 11 is 0. The van der Waals surface area contributed by atoms with Crippen LogP contribution in [0, 0.1) is 0 Å². The minimum absolute atomic E-state index is 0.111. The number of rotatable bonds is 0. The molecule has 2 rings (SSSR count). The van der Waals surface area contributed by atoms with E-state index in [1.54, 1.807) is 12.1 Å². The summed E-state index contributed by atoms with van der Waals surface area (Å²) in [6.07, 6.45) is 0. The minimum atomic E-state index is -0.384. The lowest BCUT2D eigenvalue weighted by Crippen LogP contribution is -2.24. The van der Waals surface area contributed by atoms with Gasteiger partial charge in [0.25, 0.3) is 11.8 Å². The monoisotopic (exact) mass is 162 g/mol. The summed E-state index contributed by atoms with van der Waals surface area (Å²) in [6, 6.07) is 4.78. The maximum absolute atomic E-state index is 11.4. The number of amides is 2. The molecular formula is C9H7NO2. The first-order valence-electron chi connectivity index (χ1n) is 4.05. The molecule has 1 aromatic carbocycles. The van der Waals surface area contributed by atoms with E-state index in [2.05, 4.69) is 0 Å². The van der Waals surface area contributed by atoms with Crippen LogP contribution >= 0.6 is 0 Å². The summed E-state index contributed by atoms with van der Waals surface area (Å²) < 4.78 is 7.46. The molecule has 3 heteroatoms. The lowest BCUT2D eigenvalue weighted by atomic mass is 10.1. The van der Waals surface area contributed by atoms with Gasteiger partial charge in [0.2, 0.25) is 0 Å². The fraction of sp³-hybridized carbons (Fsp3) is 0.111. The van der Waals surface area contributed by atoms with Crippen LogP contribution in [-0.2, 0) is 0 Å². The van der Waals surface area contributed by atoms with Crippen LogP contribution in [0.2, 0.25) is 0 Å². The molecule has 0 saturated carbocycles.